The van der Waals surface area contributed by atoms with Crippen LogP contribution in [-0.4, -0.2) is 25.8 Å². The average molecular weight is 488 g/mol. The molecule has 0 unspecified atom stereocenters. The molecule has 0 aliphatic rings. The lowest BCUT2D eigenvalue weighted by atomic mass is 10.0. The minimum atomic E-state index is -0.166. The van der Waals surface area contributed by atoms with Crippen molar-refractivity contribution in [2.75, 3.05) is 13.7 Å². The summed E-state index contributed by atoms with van der Waals surface area (Å²) in [6.45, 7) is 2.49. The van der Waals surface area contributed by atoms with Crippen molar-refractivity contribution in [1.82, 2.24) is 5.43 Å². The number of carbonyl (C=O) groups is 1. The smallest absolute Gasteiger partial charge is 0.244 e. The number of hydrogen-bond donors (Lipinski definition) is 1. The van der Waals surface area contributed by atoms with Gasteiger partial charge >= 0.3 is 0 Å². The fourth-order valence-electron chi connectivity index (χ4n) is 2.94. The van der Waals surface area contributed by atoms with Crippen LogP contribution in [0.4, 0.5) is 0 Å². The summed E-state index contributed by atoms with van der Waals surface area (Å²) in [4.78, 5) is 12.3. The minimum Gasteiger partial charge on any atom is -0.493 e. The number of ether oxygens (including phenoxy) is 2. The van der Waals surface area contributed by atoms with Crippen molar-refractivity contribution >= 4 is 45.5 Å². The molecule has 28 heavy (non-hydrogen) atoms. The molecule has 0 spiro atoms. The summed E-state index contributed by atoms with van der Waals surface area (Å²) >= 11 is 2.19. The van der Waals surface area contributed by atoms with Gasteiger partial charge in [0.15, 0.2) is 11.5 Å². The van der Waals surface area contributed by atoms with Crippen LogP contribution < -0.4 is 14.9 Å². The maximum atomic E-state index is 12.3. The molecule has 0 fully saturated rings. The molecule has 0 aromatic heterocycles. The molecule has 0 saturated carbocycles. The van der Waals surface area contributed by atoms with E-state index in [0.717, 1.165) is 25.5 Å². The lowest BCUT2D eigenvalue weighted by Gasteiger charge is -2.12. The highest BCUT2D eigenvalue weighted by Gasteiger charge is 2.10. The largest absolute Gasteiger partial charge is 0.493 e. The Morgan fingerprint density at radius 2 is 1.96 bits per heavy atom. The van der Waals surface area contributed by atoms with E-state index in [0.29, 0.717) is 18.1 Å². The number of methoxy groups -OCH3 is 1. The zero-order chi connectivity index (χ0) is 19.9. The molecule has 5 nitrogen and oxygen atoms in total. The van der Waals surface area contributed by atoms with Gasteiger partial charge in [0, 0.05) is 0 Å². The van der Waals surface area contributed by atoms with Crippen LogP contribution in [-0.2, 0) is 11.2 Å². The Bertz CT molecular complexity index is 1010. The molecule has 0 saturated heterocycles. The molecule has 0 bridgehead atoms. The standard InChI is InChI=1S/C22H21IN2O3/c1-3-28-22-19(23)11-15(12-20(22)27-2)14-24-25-21(26)13-17-9-6-8-16-7-4-5-10-18(16)17/h4-12,14H,3,13H2,1-2H3,(H,25,26)/b24-14-. The van der Waals surface area contributed by atoms with Gasteiger partial charge in [0.1, 0.15) is 0 Å². The topological polar surface area (TPSA) is 59.9 Å². The second-order valence-electron chi connectivity index (χ2n) is 6.08. The molecule has 6 heteroatoms. The SMILES string of the molecule is CCOc1c(I)cc(/C=N\NC(=O)Cc2cccc3ccccc23)cc1OC. The van der Waals surface area contributed by atoms with E-state index in [1.54, 1.807) is 13.3 Å². The number of carbonyl (C=O) groups excluding carboxylic acids is 1. The Labute approximate surface area is 177 Å². The Kier molecular flexibility index (Phi) is 6.86. The van der Waals surface area contributed by atoms with Gasteiger partial charge in [-0.25, -0.2) is 5.43 Å². The maximum Gasteiger partial charge on any atom is 0.244 e. The van der Waals surface area contributed by atoms with Crippen LogP contribution in [0.5, 0.6) is 11.5 Å². The molecule has 144 valence electrons. The van der Waals surface area contributed by atoms with Crippen LogP contribution in [0.3, 0.4) is 0 Å². The van der Waals surface area contributed by atoms with E-state index in [-0.39, 0.29) is 12.3 Å². The summed E-state index contributed by atoms with van der Waals surface area (Å²) in [5, 5.41) is 6.28. The van der Waals surface area contributed by atoms with E-state index in [9.17, 15) is 4.79 Å². The second-order valence-corrected chi connectivity index (χ2v) is 7.24. The first-order valence-electron chi connectivity index (χ1n) is 8.91. The zero-order valence-electron chi connectivity index (χ0n) is 15.7. The number of benzene rings is 3. The van der Waals surface area contributed by atoms with Crippen LogP contribution in [0.1, 0.15) is 18.1 Å². The van der Waals surface area contributed by atoms with Gasteiger partial charge < -0.3 is 9.47 Å². The summed E-state index contributed by atoms with van der Waals surface area (Å²) in [5.41, 5.74) is 4.39. The highest BCUT2D eigenvalue weighted by atomic mass is 127. The molecule has 0 radical (unpaired) electrons. The third kappa shape index (κ3) is 4.81. The monoisotopic (exact) mass is 488 g/mol. The van der Waals surface area contributed by atoms with Crippen molar-refractivity contribution in [3.8, 4) is 11.5 Å². The van der Waals surface area contributed by atoms with Gasteiger partial charge in [-0.3, -0.25) is 4.79 Å². The van der Waals surface area contributed by atoms with Crippen LogP contribution in [0.25, 0.3) is 10.8 Å². The first-order chi connectivity index (χ1) is 13.6. The van der Waals surface area contributed by atoms with Crippen LogP contribution >= 0.6 is 22.6 Å². The van der Waals surface area contributed by atoms with Gasteiger partial charge in [0.2, 0.25) is 5.91 Å². The van der Waals surface area contributed by atoms with E-state index >= 15 is 0 Å². The van der Waals surface area contributed by atoms with Crippen molar-refractivity contribution in [3.63, 3.8) is 0 Å². The molecule has 0 atom stereocenters. The number of rotatable bonds is 7. The van der Waals surface area contributed by atoms with E-state index in [1.165, 1.54) is 0 Å². The average Bonchev–Trinajstić information content (AvgIpc) is 2.70. The van der Waals surface area contributed by atoms with Gasteiger partial charge in [-0.2, -0.15) is 5.10 Å². The fraction of sp³-hybridized carbons (Fsp3) is 0.182. The number of fused-ring (bicyclic) bond motifs is 1. The predicted molar refractivity (Wildman–Crippen MR) is 120 cm³/mol. The number of halogens is 1. The number of nitrogens with one attached hydrogen (secondary N) is 1. The maximum absolute atomic E-state index is 12.3. The van der Waals surface area contributed by atoms with Gasteiger partial charge in [-0.05, 0) is 63.5 Å². The molecule has 3 rings (SSSR count). The molecule has 0 heterocycles. The van der Waals surface area contributed by atoms with Crippen molar-refractivity contribution in [2.45, 2.75) is 13.3 Å². The summed E-state index contributed by atoms with van der Waals surface area (Å²) in [6.07, 6.45) is 1.87. The highest BCUT2D eigenvalue weighted by Crippen LogP contribution is 2.33. The Balaban J connectivity index is 1.69. The van der Waals surface area contributed by atoms with Gasteiger partial charge in [0.05, 0.1) is 29.9 Å². The molecular formula is C22H21IN2O3. The number of hydrogen-bond acceptors (Lipinski definition) is 4. The summed E-state index contributed by atoms with van der Waals surface area (Å²) in [5.74, 6) is 1.18. The van der Waals surface area contributed by atoms with Crippen LogP contribution in [0.2, 0.25) is 0 Å². The van der Waals surface area contributed by atoms with Crippen LogP contribution in [0.15, 0.2) is 59.7 Å². The Morgan fingerprint density at radius 3 is 2.75 bits per heavy atom. The molecule has 1 N–H and O–H groups in total. The predicted octanol–water partition coefficient (Wildman–Crippen LogP) is 4.54. The second kappa shape index (κ2) is 9.54. The molecule has 0 aliphatic heterocycles. The lowest BCUT2D eigenvalue weighted by molar-refractivity contribution is -0.120. The first-order valence-corrected chi connectivity index (χ1v) is 9.99. The quantitative estimate of drug-likeness (QED) is 0.302. The van der Waals surface area contributed by atoms with E-state index in [2.05, 4.69) is 33.1 Å². The molecule has 3 aromatic carbocycles. The van der Waals surface area contributed by atoms with Gasteiger partial charge in [-0.1, -0.05) is 42.5 Å². The Hall–Kier alpha value is -2.61. The third-order valence-electron chi connectivity index (χ3n) is 4.17. The van der Waals surface area contributed by atoms with Crippen LogP contribution in [0, 0.1) is 3.57 Å². The Morgan fingerprint density at radius 1 is 1.18 bits per heavy atom. The molecule has 0 aliphatic carbocycles. The van der Waals surface area contributed by atoms with E-state index < -0.39 is 0 Å². The fourth-order valence-corrected chi connectivity index (χ4v) is 3.72. The van der Waals surface area contributed by atoms with Crippen molar-refractivity contribution in [3.05, 3.63) is 69.3 Å². The van der Waals surface area contributed by atoms with E-state index in [1.807, 2.05) is 61.5 Å². The highest BCUT2D eigenvalue weighted by molar-refractivity contribution is 14.1. The van der Waals surface area contributed by atoms with Crippen molar-refractivity contribution < 1.29 is 14.3 Å². The summed E-state index contributed by atoms with van der Waals surface area (Å²) in [7, 11) is 1.60. The van der Waals surface area contributed by atoms with Gasteiger partial charge in [-0.15, -0.1) is 0 Å². The normalized spacial score (nSPS) is 11.0. The third-order valence-corrected chi connectivity index (χ3v) is 4.98. The minimum absolute atomic E-state index is 0.166. The van der Waals surface area contributed by atoms with E-state index in [4.69, 9.17) is 9.47 Å². The van der Waals surface area contributed by atoms with Crippen molar-refractivity contribution in [2.24, 2.45) is 5.10 Å². The zero-order valence-corrected chi connectivity index (χ0v) is 17.9. The molecule has 1 amide bonds. The van der Waals surface area contributed by atoms with Crippen molar-refractivity contribution in [1.29, 1.82) is 0 Å². The summed E-state index contributed by atoms with van der Waals surface area (Å²) < 4.78 is 11.9. The lowest BCUT2D eigenvalue weighted by Crippen LogP contribution is -2.19. The molecular weight excluding hydrogens is 467 g/mol. The number of amides is 1. The van der Waals surface area contributed by atoms with Gasteiger partial charge in [0.25, 0.3) is 0 Å². The number of nitrogens with zero attached hydrogens (tertiary/aromatic N) is 1. The number of hydrazone groups is 1. The molecule has 3 aromatic rings. The summed E-state index contributed by atoms with van der Waals surface area (Å²) in [6, 6.07) is 17.7. The first kappa shape index (κ1) is 20.1.